The van der Waals surface area contributed by atoms with E-state index < -0.39 is 147 Å². The first kappa shape index (κ1) is 55.9. The molecule has 0 aliphatic carbocycles. The van der Waals surface area contributed by atoms with E-state index in [1.165, 1.54) is 13.0 Å². The van der Waals surface area contributed by atoms with Crippen molar-refractivity contribution in [2.24, 2.45) is 23.5 Å². The SMILES string of the molecule is CC1OC(O[C@H]2C=CC=CC=CC=CC=CC=CC=CC(C)[C@@H](O)C(C)C(C)OC(=O)C[C@H](O)C[C@H](O)CC[C@@H](O)[C@H](O)C[C@H](O)C[C@]3(O)CC(O)[C@@H](C(=O)O)[C@H](C2)O3)C(O)C(N)C1O. The molecule has 3 heterocycles. The fraction of sp³-hybridized carbons (Fsp3) is 0.660. The van der Waals surface area contributed by atoms with Crippen molar-refractivity contribution in [3.63, 3.8) is 0 Å². The third-order valence-corrected chi connectivity index (χ3v) is 12.0. The van der Waals surface area contributed by atoms with Gasteiger partial charge >= 0.3 is 11.9 Å². The molecule has 3 rings (SSSR count). The second-order valence-electron chi connectivity index (χ2n) is 17.6. The van der Waals surface area contributed by atoms with Gasteiger partial charge in [-0.2, -0.15) is 0 Å². The third kappa shape index (κ3) is 18.6. The molecule has 19 atom stereocenters. The number of allylic oxidation sites excluding steroid dienone is 12. The van der Waals surface area contributed by atoms with Crippen LogP contribution in [-0.4, -0.2) is 166 Å². The fourth-order valence-corrected chi connectivity index (χ4v) is 7.97. The van der Waals surface area contributed by atoms with E-state index >= 15 is 0 Å². The lowest BCUT2D eigenvalue weighted by molar-refractivity contribution is -0.308. The van der Waals surface area contributed by atoms with Crippen molar-refractivity contribution in [1.82, 2.24) is 0 Å². The number of aliphatic hydroxyl groups is 10. The van der Waals surface area contributed by atoms with Crippen molar-refractivity contribution in [2.75, 3.05) is 0 Å². The summed E-state index contributed by atoms with van der Waals surface area (Å²) in [5.74, 6) is -6.83. The lowest BCUT2D eigenvalue weighted by atomic mass is 9.82. The molecular weight excluding hydrogens is 851 g/mol. The molecule has 65 heavy (non-hydrogen) atoms. The quantitative estimate of drug-likeness (QED) is 0.174. The van der Waals surface area contributed by atoms with Gasteiger partial charge in [0.05, 0.1) is 79.6 Å². The molecular formula is C47H73NO17. The summed E-state index contributed by atoms with van der Waals surface area (Å²) in [6.45, 7) is 6.74. The highest BCUT2D eigenvalue weighted by Crippen LogP contribution is 2.38. The zero-order chi connectivity index (χ0) is 48.4. The molecule has 3 aliphatic heterocycles. The van der Waals surface area contributed by atoms with Crippen LogP contribution in [0, 0.1) is 17.8 Å². The number of carbonyl (C=O) groups excluding carboxylic acids is 1. The first-order valence-electron chi connectivity index (χ1n) is 22.3. The summed E-state index contributed by atoms with van der Waals surface area (Å²) in [7, 11) is 0. The van der Waals surface area contributed by atoms with Crippen LogP contribution in [-0.2, 0) is 28.5 Å². The Morgan fingerprint density at radius 1 is 0.662 bits per heavy atom. The van der Waals surface area contributed by atoms with Gasteiger partial charge in [-0.1, -0.05) is 98.9 Å². The van der Waals surface area contributed by atoms with Crippen LogP contribution in [0.15, 0.2) is 85.1 Å². The van der Waals surface area contributed by atoms with Crippen molar-refractivity contribution in [3.05, 3.63) is 85.1 Å². The molecule has 0 aromatic rings. The number of cyclic esters (lactones) is 1. The van der Waals surface area contributed by atoms with Crippen molar-refractivity contribution >= 4 is 11.9 Å². The van der Waals surface area contributed by atoms with Crippen molar-refractivity contribution in [1.29, 1.82) is 0 Å². The lowest BCUT2D eigenvalue weighted by Gasteiger charge is -2.45. The number of hydrogen-bond donors (Lipinski definition) is 12. The molecule has 2 bridgehead atoms. The van der Waals surface area contributed by atoms with Gasteiger partial charge in [-0.3, -0.25) is 9.59 Å². The molecule has 0 spiro atoms. The monoisotopic (exact) mass is 923 g/mol. The minimum atomic E-state index is -2.33. The second-order valence-corrected chi connectivity index (χ2v) is 17.6. The first-order valence-corrected chi connectivity index (χ1v) is 22.3. The van der Waals surface area contributed by atoms with E-state index in [0.29, 0.717) is 0 Å². The number of esters is 1. The summed E-state index contributed by atoms with van der Waals surface area (Å²) in [5.41, 5.74) is 6.02. The summed E-state index contributed by atoms with van der Waals surface area (Å²) in [4.78, 5) is 25.1. The van der Waals surface area contributed by atoms with Crippen LogP contribution in [0.5, 0.6) is 0 Å². The number of aliphatic carboxylic acids is 1. The topological polar surface area (TPSA) is 320 Å². The van der Waals surface area contributed by atoms with Gasteiger partial charge in [-0.25, -0.2) is 0 Å². The highest BCUT2D eigenvalue weighted by atomic mass is 16.7. The first-order chi connectivity index (χ1) is 30.6. The molecule has 18 nitrogen and oxygen atoms in total. The molecule has 3 aliphatic rings. The Bertz CT molecular complexity index is 1670. The van der Waals surface area contributed by atoms with Gasteiger partial charge in [0.1, 0.15) is 18.1 Å². The van der Waals surface area contributed by atoms with E-state index in [0.717, 1.165) is 0 Å². The van der Waals surface area contributed by atoms with Crippen LogP contribution < -0.4 is 5.73 Å². The van der Waals surface area contributed by atoms with Crippen LogP contribution in [0.1, 0.15) is 79.1 Å². The molecule has 2 fully saturated rings. The maximum Gasteiger partial charge on any atom is 0.311 e. The van der Waals surface area contributed by atoms with Crippen molar-refractivity contribution in [3.8, 4) is 0 Å². The van der Waals surface area contributed by atoms with Crippen molar-refractivity contribution < 1.29 is 84.7 Å². The molecule has 9 unspecified atom stereocenters. The molecule has 0 aromatic carbocycles. The standard InChI is InChI=1S/C47H73NO17/c1-27-17-15-13-11-9-7-5-6-8-10-12-14-16-18-34(64-46-44(58)41(48)43(57)30(4)63-46)24-38-40(45(59)60)37(54)26-47(61,65-38)25-33(51)22-36(53)35(52)20-19-31(49)21-32(50)23-39(55)62-29(3)28(2)42(27)56/h5-18,27-38,40-44,46,49-54,56-58,61H,19-26,48H2,1-4H3,(H,59,60)/t27?,28?,29?,30?,31-,32-,33+,34+,35-,36-,37?,38+,40-,41?,42-,43?,44?,46?,47-/m1/s1. The Hall–Kier alpha value is -3.44. The van der Waals surface area contributed by atoms with Gasteiger partial charge < -0.3 is 80.9 Å². The molecule has 18 heteroatoms. The van der Waals surface area contributed by atoms with Crippen LogP contribution >= 0.6 is 0 Å². The molecule has 0 radical (unpaired) electrons. The molecule has 0 saturated carbocycles. The van der Waals surface area contributed by atoms with Gasteiger partial charge in [0.15, 0.2) is 12.1 Å². The van der Waals surface area contributed by atoms with Crippen molar-refractivity contribution in [2.45, 2.75) is 177 Å². The van der Waals surface area contributed by atoms with E-state index in [-0.39, 0.29) is 31.6 Å². The van der Waals surface area contributed by atoms with E-state index in [1.807, 2.05) is 19.1 Å². The summed E-state index contributed by atoms with van der Waals surface area (Å²) < 4.78 is 23.1. The number of carbonyl (C=O) groups is 2. The number of rotatable bonds is 3. The number of aliphatic hydroxyl groups excluding tert-OH is 9. The molecule has 0 aromatic heterocycles. The number of carboxylic acid groups (broad SMARTS) is 1. The fourth-order valence-electron chi connectivity index (χ4n) is 7.97. The molecule has 13 N–H and O–H groups in total. The summed E-state index contributed by atoms with van der Waals surface area (Å²) in [5, 5.41) is 118. The van der Waals surface area contributed by atoms with E-state index in [2.05, 4.69) is 0 Å². The molecule has 0 amide bonds. The second kappa shape index (κ2) is 27.4. The zero-order valence-electron chi connectivity index (χ0n) is 37.6. The number of carboxylic acids is 1. The predicted molar refractivity (Wildman–Crippen MR) is 237 cm³/mol. The minimum absolute atomic E-state index is 0.107. The minimum Gasteiger partial charge on any atom is -0.481 e. The average molecular weight is 924 g/mol. The van der Waals surface area contributed by atoms with Gasteiger partial charge in [0.25, 0.3) is 0 Å². The van der Waals surface area contributed by atoms with Crippen LogP contribution in [0.25, 0.3) is 0 Å². The van der Waals surface area contributed by atoms with Gasteiger partial charge in [-0.05, 0) is 33.1 Å². The number of fused-ring (bicyclic) bond motifs is 2. The number of nitrogens with two attached hydrogens (primary N) is 1. The van der Waals surface area contributed by atoms with E-state index in [4.69, 9.17) is 24.7 Å². The number of ether oxygens (including phenoxy) is 4. The van der Waals surface area contributed by atoms with E-state index in [9.17, 15) is 65.8 Å². The molecule has 2 saturated heterocycles. The van der Waals surface area contributed by atoms with Gasteiger partial charge in [0, 0.05) is 37.5 Å². The lowest BCUT2D eigenvalue weighted by Crippen LogP contribution is -2.61. The highest BCUT2D eigenvalue weighted by Gasteiger charge is 2.51. The Morgan fingerprint density at radius 2 is 1.23 bits per heavy atom. The van der Waals surface area contributed by atoms with Gasteiger partial charge in [0.2, 0.25) is 0 Å². The largest absolute Gasteiger partial charge is 0.481 e. The van der Waals surface area contributed by atoms with Crippen LogP contribution in [0.3, 0.4) is 0 Å². The average Bonchev–Trinajstić information content (AvgIpc) is 3.21. The highest BCUT2D eigenvalue weighted by molar-refractivity contribution is 5.71. The third-order valence-electron chi connectivity index (χ3n) is 12.0. The maximum absolute atomic E-state index is 12.6. The molecule has 368 valence electrons. The predicted octanol–water partition coefficient (Wildman–Crippen LogP) is 0.712. The van der Waals surface area contributed by atoms with Gasteiger partial charge in [-0.15, -0.1) is 0 Å². The summed E-state index contributed by atoms with van der Waals surface area (Å²) >= 11 is 0. The Morgan fingerprint density at radius 3 is 1.82 bits per heavy atom. The Kier molecular flexibility index (Phi) is 23.6. The smallest absolute Gasteiger partial charge is 0.311 e. The van der Waals surface area contributed by atoms with Crippen LogP contribution in [0.4, 0.5) is 0 Å². The Balaban J connectivity index is 1.86. The number of hydrogen-bond acceptors (Lipinski definition) is 17. The normalized spacial score (nSPS) is 42.0. The summed E-state index contributed by atoms with van der Waals surface area (Å²) in [6, 6.07) is -1.15. The van der Waals surface area contributed by atoms with Crippen LogP contribution in [0.2, 0.25) is 0 Å². The summed E-state index contributed by atoms with van der Waals surface area (Å²) in [6.07, 6.45) is 3.46. The maximum atomic E-state index is 12.6. The van der Waals surface area contributed by atoms with E-state index in [1.54, 1.807) is 80.7 Å². The zero-order valence-corrected chi connectivity index (χ0v) is 37.6. The Labute approximate surface area is 381 Å².